The summed E-state index contributed by atoms with van der Waals surface area (Å²) in [4.78, 5) is 39.5. The molecule has 9 heteroatoms. The van der Waals surface area contributed by atoms with E-state index in [1.165, 1.54) is 20.1 Å². The third-order valence-corrected chi connectivity index (χ3v) is 7.44. The van der Waals surface area contributed by atoms with Crippen LogP contribution in [0.1, 0.15) is 82.2 Å². The van der Waals surface area contributed by atoms with Gasteiger partial charge in [0.15, 0.2) is 12.1 Å². The summed E-state index contributed by atoms with van der Waals surface area (Å²) in [5.74, 6) is -2.53. The van der Waals surface area contributed by atoms with Crippen molar-refractivity contribution in [3.8, 4) is 17.2 Å². The number of phenols is 2. The number of nitrogens with two attached hydrogens (primary N) is 1. The molecule has 5 atom stereocenters. The number of rotatable bonds is 4. The highest BCUT2D eigenvalue weighted by Gasteiger charge is 2.44. The Labute approximate surface area is 208 Å². The first-order chi connectivity index (χ1) is 17.1. The van der Waals surface area contributed by atoms with E-state index in [9.17, 15) is 24.6 Å². The van der Waals surface area contributed by atoms with Crippen molar-refractivity contribution >= 4 is 17.3 Å². The number of aromatic hydroxyl groups is 2. The van der Waals surface area contributed by atoms with E-state index in [1.54, 1.807) is 12.1 Å². The van der Waals surface area contributed by atoms with Gasteiger partial charge in [-0.25, -0.2) is 0 Å². The normalized spacial score (nSPS) is 27.2. The standard InChI is InChI=1S/C27H29NO8/c1-11-7-14(28)10-19(35-11)36-18-9-13(12(2)29)8-16-21(18)27(33)23-22(25(16)31)24(30)15-5-4-6-17(34-3)20(15)26(23)32/h4-6,11,13-14,18-19,31,33H,7-10,28H2,1-3H3/t11?,13?,14?,18-,19?/m0/s1. The summed E-state index contributed by atoms with van der Waals surface area (Å²) >= 11 is 0. The summed E-state index contributed by atoms with van der Waals surface area (Å²) in [5.41, 5.74) is 6.10. The van der Waals surface area contributed by atoms with Gasteiger partial charge in [0.25, 0.3) is 0 Å². The van der Waals surface area contributed by atoms with Crippen LogP contribution in [-0.2, 0) is 20.7 Å². The number of methoxy groups -OCH3 is 1. The van der Waals surface area contributed by atoms with Gasteiger partial charge in [-0.1, -0.05) is 12.1 Å². The molecule has 1 fully saturated rings. The molecule has 4 unspecified atom stereocenters. The Morgan fingerprint density at radius 2 is 1.78 bits per heavy atom. The number of hydrogen-bond acceptors (Lipinski definition) is 9. The Morgan fingerprint density at radius 1 is 1.06 bits per heavy atom. The molecule has 0 amide bonds. The molecular formula is C27H29NO8. The summed E-state index contributed by atoms with van der Waals surface area (Å²) in [6.07, 6.45) is -0.273. The van der Waals surface area contributed by atoms with Crippen LogP contribution in [0.3, 0.4) is 0 Å². The van der Waals surface area contributed by atoms with E-state index in [-0.39, 0.29) is 69.9 Å². The second-order valence-electron chi connectivity index (χ2n) is 9.86. The topological polar surface area (TPSA) is 145 Å². The van der Waals surface area contributed by atoms with E-state index in [1.807, 2.05) is 6.92 Å². The molecule has 36 heavy (non-hydrogen) atoms. The van der Waals surface area contributed by atoms with Crippen LogP contribution in [0, 0.1) is 5.92 Å². The molecule has 0 aromatic heterocycles. The Bertz CT molecular complexity index is 1280. The van der Waals surface area contributed by atoms with Gasteiger partial charge in [0.2, 0.25) is 5.78 Å². The SMILES string of the molecule is COc1cccc2c1C(=O)c1c(O)c3c(c(O)c1C2=O)CC(C(C)=O)C[C@@H]3OC1CC(N)CC(C)O1. The van der Waals surface area contributed by atoms with E-state index >= 15 is 0 Å². The second-order valence-corrected chi connectivity index (χ2v) is 9.86. The van der Waals surface area contributed by atoms with Gasteiger partial charge in [0.05, 0.1) is 36.0 Å². The minimum Gasteiger partial charge on any atom is -0.507 e. The maximum atomic E-state index is 13.6. The van der Waals surface area contributed by atoms with Crippen LogP contribution in [-0.4, -0.2) is 53.1 Å². The molecule has 3 aliphatic rings. The molecule has 1 heterocycles. The third kappa shape index (κ3) is 3.78. The molecule has 0 bridgehead atoms. The molecule has 2 aromatic rings. The van der Waals surface area contributed by atoms with Gasteiger partial charge < -0.3 is 30.2 Å². The zero-order valence-corrected chi connectivity index (χ0v) is 20.4. The molecule has 2 aromatic carbocycles. The molecule has 0 spiro atoms. The Morgan fingerprint density at radius 3 is 2.44 bits per heavy atom. The average molecular weight is 496 g/mol. The Balaban J connectivity index is 1.67. The van der Waals surface area contributed by atoms with Crippen LogP contribution in [0.2, 0.25) is 0 Å². The third-order valence-electron chi connectivity index (χ3n) is 7.44. The van der Waals surface area contributed by atoms with Crippen molar-refractivity contribution in [3.05, 3.63) is 51.6 Å². The number of Topliss-reactive ketones (excluding diaryl/α,β-unsaturated/α-hetero) is 1. The summed E-state index contributed by atoms with van der Waals surface area (Å²) in [5, 5.41) is 22.8. The number of hydrogen-bond donors (Lipinski definition) is 3. The van der Waals surface area contributed by atoms with E-state index in [0.29, 0.717) is 12.8 Å². The first-order valence-corrected chi connectivity index (χ1v) is 12.1. The number of ether oxygens (including phenoxy) is 3. The quantitative estimate of drug-likeness (QED) is 0.465. The molecule has 0 saturated carbocycles. The van der Waals surface area contributed by atoms with Gasteiger partial charge in [0.1, 0.15) is 23.0 Å². The monoisotopic (exact) mass is 495 g/mol. The maximum absolute atomic E-state index is 13.6. The molecule has 190 valence electrons. The Hall–Kier alpha value is -3.27. The van der Waals surface area contributed by atoms with E-state index < -0.39 is 41.4 Å². The van der Waals surface area contributed by atoms with Gasteiger partial charge >= 0.3 is 0 Å². The van der Waals surface area contributed by atoms with Crippen molar-refractivity contribution in [1.82, 2.24) is 0 Å². The summed E-state index contributed by atoms with van der Waals surface area (Å²) in [6.45, 7) is 3.34. The zero-order valence-electron chi connectivity index (χ0n) is 20.4. The summed E-state index contributed by atoms with van der Waals surface area (Å²) < 4.78 is 17.4. The fourth-order valence-electron chi connectivity index (χ4n) is 5.72. The van der Waals surface area contributed by atoms with Crippen molar-refractivity contribution in [2.45, 2.75) is 64.1 Å². The number of fused-ring (bicyclic) bond motifs is 3. The zero-order chi connectivity index (χ0) is 25.9. The fourth-order valence-corrected chi connectivity index (χ4v) is 5.72. The van der Waals surface area contributed by atoms with Gasteiger partial charge in [-0.2, -0.15) is 0 Å². The molecular weight excluding hydrogens is 466 g/mol. The lowest BCUT2D eigenvalue weighted by Gasteiger charge is -2.38. The molecule has 0 radical (unpaired) electrons. The average Bonchev–Trinajstić information content (AvgIpc) is 2.83. The lowest BCUT2D eigenvalue weighted by Crippen LogP contribution is -2.41. The van der Waals surface area contributed by atoms with Gasteiger partial charge in [-0.15, -0.1) is 0 Å². The summed E-state index contributed by atoms with van der Waals surface area (Å²) in [6, 6.07) is 4.47. The molecule has 2 aliphatic carbocycles. The molecule has 9 nitrogen and oxygen atoms in total. The largest absolute Gasteiger partial charge is 0.507 e. The van der Waals surface area contributed by atoms with E-state index in [4.69, 9.17) is 19.9 Å². The van der Waals surface area contributed by atoms with Crippen LogP contribution in [0.5, 0.6) is 17.2 Å². The van der Waals surface area contributed by atoms with Crippen molar-refractivity contribution in [3.63, 3.8) is 0 Å². The maximum Gasteiger partial charge on any atom is 0.202 e. The van der Waals surface area contributed by atoms with Crippen LogP contribution < -0.4 is 10.5 Å². The van der Waals surface area contributed by atoms with Crippen molar-refractivity contribution in [1.29, 1.82) is 0 Å². The van der Waals surface area contributed by atoms with Crippen LogP contribution in [0.25, 0.3) is 0 Å². The summed E-state index contributed by atoms with van der Waals surface area (Å²) in [7, 11) is 1.38. The number of carbonyl (C=O) groups excluding carboxylic acids is 3. The number of phenolic OH excluding ortho intramolecular Hbond substituents is 2. The van der Waals surface area contributed by atoms with Crippen molar-refractivity contribution in [2.24, 2.45) is 11.7 Å². The van der Waals surface area contributed by atoms with Gasteiger partial charge in [-0.05, 0) is 39.2 Å². The van der Waals surface area contributed by atoms with Crippen molar-refractivity contribution < 1.29 is 38.8 Å². The first-order valence-electron chi connectivity index (χ1n) is 12.1. The van der Waals surface area contributed by atoms with Crippen LogP contribution in [0.4, 0.5) is 0 Å². The fraction of sp³-hybridized carbons (Fsp3) is 0.444. The molecule has 1 saturated heterocycles. The van der Waals surface area contributed by atoms with Crippen LogP contribution >= 0.6 is 0 Å². The van der Waals surface area contributed by atoms with E-state index in [0.717, 1.165) is 0 Å². The lowest BCUT2D eigenvalue weighted by molar-refractivity contribution is -0.219. The first kappa shape index (κ1) is 24.4. The smallest absolute Gasteiger partial charge is 0.202 e. The van der Waals surface area contributed by atoms with E-state index in [2.05, 4.69) is 0 Å². The molecule has 1 aliphatic heterocycles. The predicted molar refractivity (Wildman–Crippen MR) is 127 cm³/mol. The minimum absolute atomic E-state index is 0.0254. The lowest BCUT2D eigenvalue weighted by atomic mass is 9.74. The van der Waals surface area contributed by atoms with Gasteiger partial charge in [0, 0.05) is 35.1 Å². The molecule has 5 rings (SSSR count). The van der Waals surface area contributed by atoms with Crippen molar-refractivity contribution in [2.75, 3.05) is 7.11 Å². The van der Waals surface area contributed by atoms with Crippen LogP contribution in [0.15, 0.2) is 18.2 Å². The minimum atomic E-state index is -0.858. The number of benzene rings is 2. The highest BCUT2D eigenvalue weighted by Crippen LogP contribution is 2.51. The molecule has 4 N–H and O–H groups in total. The van der Waals surface area contributed by atoms with Gasteiger partial charge in [-0.3, -0.25) is 14.4 Å². The second kappa shape index (κ2) is 8.99. The highest BCUT2D eigenvalue weighted by molar-refractivity contribution is 6.31. The number of carbonyl (C=O) groups is 3. The Kier molecular flexibility index (Phi) is 6.10. The predicted octanol–water partition coefficient (Wildman–Crippen LogP) is 2.94. The number of ketones is 3. The highest BCUT2D eigenvalue weighted by atomic mass is 16.7.